The average Bonchev–Trinajstić information content (AvgIpc) is 2.99. The zero-order valence-corrected chi connectivity index (χ0v) is 12.8. The van der Waals surface area contributed by atoms with E-state index in [1.165, 1.54) is 0 Å². The van der Waals surface area contributed by atoms with Gasteiger partial charge in [0.05, 0.1) is 12.7 Å². The number of nitrogens with zero attached hydrogens (tertiary/aromatic N) is 2. The summed E-state index contributed by atoms with van der Waals surface area (Å²) in [6, 6.07) is 13.0. The second-order valence-electron chi connectivity index (χ2n) is 4.39. The quantitative estimate of drug-likeness (QED) is 0.731. The Hall–Kier alpha value is -2.34. The van der Waals surface area contributed by atoms with Crippen molar-refractivity contribution >= 4 is 21.6 Å². The third-order valence-corrected chi connectivity index (χ3v) is 3.49. The molecule has 0 aliphatic heterocycles. The van der Waals surface area contributed by atoms with E-state index in [0.717, 1.165) is 15.8 Å². The molecule has 0 aliphatic carbocycles. The molecule has 0 radical (unpaired) electrons. The van der Waals surface area contributed by atoms with Crippen LogP contribution in [0.3, 0.4) is 0 Å². The van der Waals surface area contributed by atoms with E-state index in [4.69, 9.17) is 15.0 Å². The topological polar surface area (TPSA) is 74.2 Å². The number of nitrogens with two attached hydrogens (primary N) is 1. The SMILES string of the molecule is COc1cccc(-c2noc(-c3cc(Br)ccc3N)n2)c1. The summed E-state index contributed by atoms with van der Waals surface area (Å²) in [5.74, 6) is 1.61. The fourth-order valence-corrected chi connectivity index (χ4v) is 2.29. The minimum Gasteiger partial charge on any atom is -0.497 e. The molecule has 0 spiro atoms. The average molecular weight is 346 g/mol. The van der Waals surface area contributed by atoms with Crippen LogP contribution in [0.15, 0.2) is 51.5 Å². The Balaban J connectivity index is 2.01. The predicted molar refractivity (Wildman–Crippen MR) is 83.8 cm³/mol. The molecule has 1 aromatic heterocycles. The van der Waals surface area contributed by atoms with Gasteiger partial charge in [0.2, 0.25) is 5.82 Å². The molecule has 0 amide bonds. The van der Waals surface area contributed by atoms with E-state index < -0.39 is 0 Å². The van der Waals surface area contributed by atoms with E-state index in [9.17, 15) is 0 Å². The maximum absolute atomic E-state index is 5.95. The van der Waals surface area contributed by atoms with Crippen LogP contribution in [0.25, 0.3) is 22.8 Å². The maximum atomic E-state index is 5.95. The number of aromatic nitrogens is 2. The highest BCUT2D eigenvalue weighted by Crippen LogP contribution is 2.30. The van der Waals surface area contributed by atoms with E-state index in [2.05, 4.69) is 26.1 Å². The van der Waals surface area contributed by atoms with Crippen LogP contribution in [0.2, 0.25) is 0 Å². The third-order valence-electron chi connectivity index (χ3n) is 3.00. The number of nitrogen functional groups attached to an aromatic ring is 1. The zero-order chi connectivity index (χ0) is 14.8. The first-order chi connectivity index (χ1) is 10.2. The monoisotopic (exact) mass is 345 g/mol. The summed E-state index contributed by atoms with van der Waals surface area (Å²) in [6.07, 6.45) is 0. The van der Waals surface area contributed by atoms with Crippen molar-refractivity contribution in [3.05, 3.63) is 46.9 Å². The number of anilines is 1. The number of rotatable bonds is 3. The van der Waals surface area contributed by atoms with Crippen LogP contribution in [0, 0.1) is 0 Å². The maximum Gasteiger partial charge on any atom is 0.260 e. The molecule has 0 atom stereocenters. The number of hydrogen-bond donors (Lipinski definition) is 1. The number of methoxy groups -OCH3 is 1. The fourth-order valence-electron chi connectivity index (χ4n) is 1.93. The third kappa shape index (κ3) is 2.75. The van der Waals surface area contributed by atoms with Gasteiger partial charge in [0.25, 0.3) is 5.89 Å². The molecule has 2 aromatic carbocycles. The molecule has 5 nitrogen and oxygen atoms in total. The normalized spacial score (nSPS) is 10.6. The summed E-state index contributed by atoms with van der Waals surface area (Å²) >= 11 is 3.40. The van der Waals surface area contributed by atoms with Crippen molar-refractivity contribution < 1.29 is 9.26 Å². The summed E-state index contributed by atoms with van der Waals surface area (Å²) < 4.78 is 11.4. The first kappa shape index (κ1) is 13.6. The van der Waals surface area contributed by atoms with Gasteiger partial charge in [-0.1, -0.05) is 33.2 Å². The first-order valence-corrected chi connectivity index (χ1v) is 7.00. The minimum atomic E-state index is 0.381. The van der Waals surface area contributed by atoms with Crippen molar-refractivity contribution in [1.29, 1.82) is 0 Å². The highest BCUT2D eigenvalue weighted by molar-refractivity contribution is 9.10. The van der Waals surface area contributed by atoms with Crippen LogP contribution in [-0.4, -0.2) is 17.3 Å². The number of benzene rings is 2. The van der Waals surface area contributed by atoms with Gasteiger partial charge in [-0.25, -0.2) is 0 Å². The molecule has 0 unspecified atom stereocenters. The summed E-state index contributed by atoms with van der Waals surface area (Å²) in [5, 5.41) is 4.00. The molecule has 0 bridgehead atoms. The summed E-state index contributed by atoms with van der Waals surface area (Å²) in [7, 11) is 1.61. The second-order valence-corrected chi connectivity index (χ2v) is 5.30. The van der Waals surface area contributed by atoms with Gasteiger partial charge in [0.15, 0.2) is 0 Å². The molecule has 3 aromatic rings. The van der Waals surface area contributed by atoms with Crippen LogP contribution < -0.4 is 10.5 Å². The van der Waals surface area contributed by atoms with Gasteiger partial charge in [0.1, 0.15) is 5.75 Å². The Morgan fingerprint density at radius 1 is 1.19 bits per heavy atom. The second kappa shape index (κ2) is 5.57. The number of halogens is 1. The van der Waals surface area contributed by atoms with Crippen LogP contribution in [0.4, 0.5) is 5.69 Å². The summed E-state index contributed by atoms with van der Waals surface area (Å²) in [5.41, 5.74) is 8.05. The van der Waals surface area contributed by atoms with E-state index in [1.807, 2.05) is 36.4 Å². The van der Waals surface area contributed by atoms with Crippen LogP contribution in [-0.2, 0) is 0 Å². The van der Waals surface area contributed by atoms with E-state index in [1.54, 1.807) is 13.2 Å². The van der Waals surface area contributed by atoms with E-state index >= 15 is 0 Å². The molecule has 0 aliphatic rings. The van der Waals surface area contributed by atoms with Gasteiger partial charge in [0, 0.05) is 15.7 Å². The number of hydrogen-bond acceptors (Lipinski definition) is 5. The smallest absolute Gasteiger partial charge is 0.260 e. The number of ether oxygens (including phenoxy) is 1. The van der Waals surface area contributed by atoms with Gasteiger partial charge in [-0.3, -0.25) is 0 Å². The van der Waals surface area contributed by atoms with E-state index in [0.29, 0.717) is 23.0 Å². The highest BCUT2D eigenvalue weighted by atomic mass is 79.9. The standard InChI is InChI=1S/C15H12BrN3O2/c1-20-11-4-2-3-9(7-11)14-18-15(21-19-14)12-8-10(16)5-6-13(12)17/h2-8H,17H2,1H3. The molecular weight excluding hydrogens is 334 g/mol. The lowest BCUT2D eigenvalue weighted by atomic mass is 10.2. The van der Waals surface area contributed by atoms with Crippen molar-refractivity contribution in [1.82, 2.24) is 10.1 Å². The minimum absolute atomic E-state index is 0.381. The molecule has 0 fully saturated rings. The first-order valence-electron chi connectivity index (χ1n) is 6.21. The predicted octanol–water partition coefficient (Wildman–Crippen LogP) is 3.76. The molecule has 1 heterocycles. The van der Waals surface area contributed by atoms with E-state index in [-0.39, 0.29) is 0 Å². The Labute approximate surface area is 129 Å². The zero-order valence-electron chi connectivity index (χ0n) is 11.2. The lowest BCUT2D eigenvalue weighted by Gasteiger charge is -2.01. The molecule has 2 N–H and O–H groups in total. The Morgan fingerprint density at radius 3 is 2.86 bits per heavy atom. The molecular formula is C15H12BrN3O2. The van der Waals surface area contributed by atoms with Crippen LogP contribution in [0.1, 0.15) is 0 Å². The van der Waals surface area contributed by atoms with Gasteiger partial charge in [-0.05, 0) is 30.3 Å². The van der Waals surface area contributed by atoms with Crippen molar-refractivity contribution in [2.45, 2.75) is 0 Å². The molecule has 21 heavy (non-hydrogen) atoms. The molecule has 6 heteroatoms. The lowest BCUT2D eigenvalue weighted by molar-refractivity contribution is 0.414. The molecule has 0 saturated carbocycles. The van der Waals surface area contributed by atoms with Crippen LogP contribution >= 0.6 is 15.9 Å². The Bertz CT molecular complexity index is 786. The molecule has 0 saturated heterocycles. The van der Waals surface area contributed by atoms with Crippen molar-refractivity contribution in [2.75, 3.05) is 12.8 Å². The van der Waals surface area contributed by atoms with Crippen molar-refractivity contribution in [3.8, 4) is 28.6 Å². The van der Waals surface area contributed by atoms with Gasteiger partial charge < -0.3 is 15.0 Å². The Morgan fingerprint density at radius 2 is 2.05 bits per heavy atom. The molecule has 3 rings (SSSR count). The lowest BCUT2D eigenvalue weighted by Crippen LogP contribution is -1.90. The van der Waals surface area contributed by atoms with Gasteiger partial charge in [-0.2, -0.15) is 4.98 Å². The van der Waals surface area contributed by atoms with Crippen LogP contribution in [0.5, 0.6) is 5.75 Å². The van der Waals surface area contributed by atoms with Crippen molar-refractivity contribution in [2.24, 2.45) is 0 Å². The highest BCUT2D eigenvalue weighted by Gasteiger charge is 2.13. The largest absolute Gasteiger partial charge is 0.497 e. The summed E-state index contributed by atoms with van der Waals surface area (Å²) in [4.78, 5) is 4.39. The van der Waals surface area contributed by atoms with Gasteiger partial charge >= 0.3 is 0 Å². The summed E-state index contributed by atoms with van der Waals surface area (Å²) in [6.45, 7) is 0. The Kier molecular flexibility index (Phi) is 3.62. The van der Waals surface area contributed by atoms with Crippen molar-refractivity contribution in [3.63, 3.8) is 0 Å². The fraction of sp³-hybridized carbons (Fsp3) is 0.0667. The molecule has 106 valence electrons. The van der Waals surface area contributed by atoms with Gasteiger partial charge in [-0.15, -0.1) is 0 Å².